The number of nitrogens with one attached hydrogen (secondary N) is 1. The van der Waals surface area contributed by atoms with Gasteiger partial charge in [-0.05, 0) is 7.05 Å². The molecule has 1 N–H and O–H groups in total. The van der Waals surface area contributed by atoms with Crippen molar-refractivity contribution in [2.45, 2.75) is 97.5 Å². The average molecular weight is 626 g/mol. The summed E-state index contributed by atoms with van der Waals surface area (Å²) in [6, 6.07) is 14.9. The van der Waals surface area contributed by atoms with Gasteiger partial charge in [0.2, 0.25) is 0 Å². The molecular formula is C32H49N3O2Sn. The van der Waals surface area contributed by atoms with Crippen LogP contribution in [0.2, 0.25) is 13.3 Å². The molecule has 1 amide bonds. The van der Waals surface area contributed by atoms with Crippen LogP contribution >= 0.6 is 0 Å². The third-order valence-electron chi connectivity index (χ3n) is 9.28. The van der Waals surface area contributed by atoms with Gasteiger partial charge in [-0.15, -0.1) is 0 Å². The molecule has 0 aromatic heterocycles. The first-order valence-corrected chi connectivity index (χ1v) is 22.4. The Labute approximate surface area is 235 Å². The third-order valence-corrected chi connectivity index (χ3v) is 25.0. The molecule has 2 atom stereocenters. The number of hydrogen-bond donors (Lipinski definition) is 1. The molecular weight excluding hydrogens is 577 g/mol. The van der Waals surface area contributed by atoms with Crippen molar-refractivity contribution in [1.29, 1.82) is 0 Å². The molecule has 1 fully saturated rings. The second-order valence-corrected chi connectivity index (χ2v) is 25.2. The van der Waals surface area contributed by atoms with Crippen LogP contribution in [-0.2, 0) is 5.41 Å². The van der Waals surface area contributed by atoms with Gasteiger partial charge in [-0.3, -0.25) is 4.90 Å². The van der Waals surface area contributed by atoms with Crippen molar-refractivity contribution in [2.24, 2.45) is 0 Å². The number of ether oxygens (including phenoxy) is 1. The molecule has 0 radical (unpaired) electrons. The monoisotopic (exact) mass is 627 g/mol. The van der Waals surface area contributed by atoms with E-state index in [4.69, 9.17) is 4.74 Å². The molecule has 5 nitrogen and oxygen atoms in total. The molecule has 2 aromatic rings. The molecule has 0 bridgehead atoms. The van der Waals surface area contributed by atoms with E-state index in [1.54, 1.807) is 3.58 Å². The van der Waals surface area contributed by atoms with Crippen molar-refractivity contribution in [3.63, 3.8) is 0 Å². The van der Waals surface area contributed by atoms with E-state index in [0.717, 1.165) is 18.7 Å². The Bertz CT molecular complexity index is 1070. The fraction of sp³-hybridized carbons (Fsp3) is 0.594. The van der Waals surface area contributed by atoms with E-state index in [0.29, 0.717) is 11.9 Å². The van der Waals surface area contributed by atoms with E-state index in [1.165, 1.54) is 63.1 Å². The van der Waals surface area contributed by atoms with Crippen LogP contribution in [0.4, 0.5) is 16.2 Å². The molecule has 0 aliphatic carbocycles. The number of likely N-dealkylation sites (tertiary alicyclic amines) is 1. The number of unbranched alkanes of at least 4 members (excludes halogenated alkanes) is 3. The molecule has 208 valence electrons. The fourth-order valence-corrected chi connectivity index (χ4v) is 23.1. The van der Waals surface area contributed by atoms with Crippen LogP contribution in [0.15, 0.2) is 42.5 Å². The Kier molecular flexibility index (Phi) is 9.72. The second kappa shape index (κ2) is 12.6. The summed E-state index contributed by atoms with van der Waals surface area (Å²) in [5.74, 6) is 0.608. The molecule has 1 unspecified atom stereocenters. The number of anilines is 2. The number of likely N-dealkylation sites (N-methyl/N-ethyl adjacent to an activating group) is 2. The molecule has 2 aliphatic rings. The van der Waals surface area contributed by atoms with Crippen molar-refractivity contribution in [3.05, 3.63) is 48.0 Å². The Morgan fingerprint density at radius 3 is 2.16 bits per heavy atom. The van der Waals surface area contributed by atoms with Crippen LogP contribution < -0.4 is 18.5 Å². The van der Waals surface area contributed by atoms with Crippen LogP contribution in [-0.4, -0.2) is 56.2 Å². The average Bonchev–Trinajstić information content (AvgIpc) is 3.34. The molecule has 2 aromatic carbocycles. The van der Waals surface area contributed by atoms with Gasteiger partial charge >= 0.3 is 210 Å². The van der Waals surface area contributed by atoms with Crippen molar-refractivity contribution in [1.82, 2.24) is 4.90 Å². The molecule has 4 rings (SSSR count). The van der Waals surface area contributed by atoms with E-state index < -0.39 is 24.5 Å². The van der Waals surface area contributed by atoms with Gasteiger partial charge in [0.05, 0.1) is 0 Å². The Balaban J connectivity index is 1.46. The molecule has 0 spiro atoms. The van der Waals surface area contributed by atoms with Crippen LogP contribution in [0, 0.1) is 0 Å². The number of carbonyl (C=O) groups is 1. The van der Waals surface area contributed by atoms with Gasteiger partial charge in [0.15, 0.2) is 0 Å². The number of benzene rings is 2. The molecule has 6 heteroatoms. The summed E-state index contributed by atoms with van der Waals surface area (Å²) in [6.07, 6.45) is 8.91. The van der Waals surface area contributed by atoms with Gasteiger partial charge in [0, 0.05) is 13.6 Å². The summed E-state index contributed by atoms with van der Waals surface area (Å²) in [7, 11) is 4.36. The first-order chi connectivity index (χ1) is 18.3. The van der Waals surface area contributed by atoms with E-state index >= 15 is 0 Å². The third kappa shape index (κ3) is 5.89. The summed E-state index contributed by atoms with van der Waals surface area (Å²) in [4.78, 5) is 17.7. The van der Waals surface area contributed by atoms with Gasteiger partial charge in [-0.25, -0.2) is 0 Å². The zero-order valence-corrected chi connectivity index (χ0v) is 27.5. The number of carbonyl (C=O) groups excluding carboxylic acids is 1. The Hall–Kier alpha value is -1.73. The summed E-state index contributed by atoms with van der Waals surface area (Å²) in [5.41, 5.74) is 3.37. The van der Waals surface area contributed by atoms with Gasteiger partial charge in [-0.1, -0.05) is 0 Å². The van der Waals surface area contributed by atoms with Crippen molar-refractivity contribution in [2.75, 3.05) is 30.9 Å². The number of amides is 1. The minimum absolute atomic E-state index is 0.0518. The number of hydrogen-bond acceptors (Lipinski definition) is 4. The normalized spacial score (nSPS) is 20.9. The quantitative estimate of drug-likeness (QED) is 0.245. The topological polar surface area (TPSA) is 44.8 Å². The molecule has 1 saturated heterocycles. The van der Waals surface area contributed by atoms with Gasteiger partial charge < -0.3 is 0 Å². The standard InChI is InChI=1S/C20H22N3O2.3C4H9.Sn/c1-20-11-12-22(2)18(20)23(3)17-10-9-15(13-16(17)20)25-19(24)21-14-7-5-4-6-8-14;3*1-3-4-2;/h5-10,13,18H,11-12H2,1-3H3,(H,21,24);3*1,3-4H2,2H3;/t18?,20-;;;;/m1..../s1. The Morgan fingerprint density at radius 1 is 0.974 bits per heavy atom. The van der Waals surface area contributed by atoms with Gasteiger partial charge in [0.1, 0.15) is 0 Å². The summed E-state index contributed by atoms with van der Waals surface area (Å²) >= 11 is -2.46. The van der Waals surface area contributed by atoms with E-state index in [9.17, 15) is 4.79 Å². The van der Waals surface area contributed by atoms with Crippen molar-refractivity contribution >= 4 is 39.4 Å². The molecule has 2 aliphatic heterocycles. The summed E-state index contributed by atoms with van der Waals surface area (Å²) in [5, 5.41) is 2.98. The molecule has 0 saturated carbocycles. The van der Waals surface area contributed by atoms with Crippen LogP contribution in [0.1, 0.15) is 78.2 Å². The summed E-state index contributed by atoms with van der Waals surface area (Å²) in [6.45, 7) is 10.4. The number of fused-ring (bicyclic) bond motifs is 3. The molecule has 2 heterocycles. The predicted octanol–water partition coefficient (Wildman–Crippen LogP) is 7.72. The first-order valence-electron chi connectivity index (χ1n) is 14.9. The van der Waals surface area contributed by atoms with E-state index in [2.05, 4.69) is 93.3 Å². The second-order valence-electron chi connectivity index (χ2n) is 12.0. The van der Waals surface area contributed by atoms with E-state index in [1.807, 2.05) is 6.07 Å². The number of rotatable bonds is 12. The fourth-order valence-electron chi connectivity index (χ4n) is 7.13. The van der Waals surface area contributed by atoms with Crippen LogP contribution in [0.25, 0.3) is 0 Å². The first kappa shape index (κ1) is 29.3. The minimum atomic E-state index is -2.46. The predicted molar refractivity (Wildman–Crippen MR) is 164 cm³/mol. The van der Waals surface area contributed by atoms with E-state index in [-0.39, 0.29) is 5.41 Å². The zero-order valence-electron chi connectivity index (χ0n) is 24.6. The Morgan fingerprint density at radius 2 is 1.58 bits per heavy atom. The van der Waals surface area contributed by atoms with Gasteiger partial charge in [-0.2, -0.15) is 0 Å². The summed E-state index contributed by atoms with van der Waals surface area (Å²) < 4.78 is 11.8. The molecule has 38 heavy (non-hydrogen) atoms. The van der Waals surface area contributed by atoms with Crippen molar-refractivity contribution < 1.29 is 9.53 Å². The maximum absolute atomic E-state index is 12.9. The van der Waals surface area contributed by atoms with Crippen LogP contribution in [0.5, 0.6) is 5.75 Å². The van der Waals surface area contributed by atoms with Gasteiger partial charge in [0.25, 0.3) is 0 Å². The van der Waals surface area contributed by atoms with Crippen LogP contribution in [0.3, 0.4) is 0 Å². The SMILES string of the molecule is CCC[CH2][Sn]([CH2]CCC)([CH2]CCC)[c]1ccc(NC(=O)Oc2ccc3c(c2)[C@@]2(C)CCN(C)C2N3C)cc1. The number of nitrogens with zero attached hydrogens (tertiary/aromatic N) is 2. The maximum atomic E-state index is 12.9. The van der Waals surface area contributed by atoms with Crippen molar-refractivity contribution in [3.8, 4) is 5.75 Å². The zero-order chi connectivity index (χ0) is 27.3.